The molecule has 1 atom stereocenters. The van der Waals surface area contributed by atoms with Crippen molar-refractivity contribution in [1.82, 2.24) is 0 Å². The minimum atomic E-state index is -0.464. The third-order valence-electron chi connectivity index (χ3n) is 14.4. The number of benzene rings is 10. The highest BCUT2D eigenvalue weighted by Crippen LogP contribution is 2.58. The van der Waals surface area contributed by atoms with Gasteiger partial charge in [-0.15, -0.1) is 0 Å². The first-order chi connectivity index (χ1) is 32.1. The lowest BCUT2D eigenvalue weighted by molar-refractivity contribution is 0.669. The number of furan rings is 1. The summed E-state index contributed by atoms with van der Waals surface area (Å²) < 4.78 is 6.55. The van der Waals surface area contributed by atoms with Gasteiger partial charge in [-0.3, -0.25) is 0 Å². The van der Waals surface area contributed by atoms with E-state index in [0.717, 1.165) is 44.6 Å². The van der Waals surface area contributed by atoms with E-state index in [1.54, 1.807) is 0 Å². The summed E-state index contributed by atoms with van der Waals surface area (Å²) in [5.41, 5.74) is 20.7. The third kappa shape index (κ3) is 5.41. The predicted octanol–water partition coefficient (Wildman–Crippen LogP) is 16.4. The van der Waals surface area contributed by atoms with Crippen molar-refractivity contribution < 1.29 is 4.42 Å². The molecular formula is C63H43NO. The summed E-state index contributed by atoms with van der Waals surface area (Å²) in [5.74, 6) is 0. The molecule has 0 spiro atoms. The number of rotatable bonds is 7. The number of anilines is 3. The lowest BCUT2D eigenvalue weighted by Crippen LogP contribution is -2.28. The Labute approximate surface area is 379 Å². The largest absolute Gasteiger partial charge is 0.456 e. The summed E-state index contributed by atoms with van der Waals surface area (Å²) in [5, 5.41) is 2.24. The smallest absolute Gasteiger partial charge is 0.137 e. The first-order valence-electron chi connectivity index (χ1n) is 22.6. The SMILES string of the molecule is CC1(c2ccccc2)c2ccccc2-c2c(N(c3ccc(-c4ccc5c(c4)C(c4ccccc4)(c4ccccc4)c4ccccc4-5)cc3)c3ccc4c(c3)oc3ccccc34)cccc21. The molecule has 2 nitrogen and oxygen atoms in total. The van der Waals surface area contributed by atoms with Crippen LogP contribution in [-0.2, 0) is 10.8 Å². The van der Waals surface area contributed by atoms with Crippen LogP contribution in [0.25, 0.3) is 55.3 Å². The molecule has 306 valence electrons. The zero-order valence-corrected chi connectivity index (χ0v) is 35.9. The Morgan fingerprint density at radius 3 is 1.65 bits per heavy atom. The van der Waals surface area contributed by atoms with Gasteiger partial charge in [0.25, 0.3) is 0 Å². The van der Waals surface area contributed by atoms with Crippen molar-refractivity contribution in [3.63, 3.8) is 0 Å². The van der Waals surface area contributed by atoms with E-state index in [0.29, 0.717) is 0 Å². The van der Waals surface area contributed by atoms with Gasteiger partial charge < -0.3 is 9.32 Å². The van der Waals surface area contributed by atoms with Crippen LogP contribution in [0.1, 0.15) is 45.9 Å². The molecule has 0 bridgehead atoms. The number of para-hydroxylation sites is 1. The average Bonchev–Trinajstić information content (AvgIpc) is 3.99. The van der Waals surface area contributed by atoms with Crippen molar-refractivity contribution in [2.75, 3.05) is 4.90 Å². The molecule has 0 saturated carbocycles. The van der Waals surface area contributed by atoms with Crippen LogP contribution in [0.2, 0.25) is 0 Å². The Balaban J connectivity index is 0.993. The van der Waals surface area contributed by atoms with Gasteiger partial charge in [-0.05, 0) is 116 Å². The van der Waals surface area contributed by atoms with Gasteiger partial charge in [-0.1, -0.05) is 194 Å². The molecule has 0 aliphatic heterocycles. The minimum absolute atomic E-state index is 0.330. The Morgan fingerprint density at radius 1 is 0.354 bits per heavy atom. The first-order valence-corrected chi connectivity index (χ1v) is 22.6. The molecule has 65 heavy (non-hydrogen) atoms. The van der Waals surface area contributed by atoms with Crippen molar-refractivity contribution in [3.8, 4) is 33.4 Å². The zero-order valence-electron chi connectivity index (χ0n) is 35.9. The van der Waals surface area contributed by atoms with Crippen molar-refractivity contribution in [2.45, 2.75) is 17.8 Å². The maximum atomic E-state index is 6.55. The van der Waals surface area contributed by atoms with Crippen LogP contribution in [0.3, 0.4) is 0 Å². The molecule has 11 aromatic rings. The second-order valence-corrected chi connectivity index (χ2v) is 17.7. The fourth-order valence-corrected chi connectivity index (χ4v) is 11.5. The monoisotopic (exact) mass is 829 g/mol. The quantitative estimate of drug-likeness (QED) is 0.159. The molecule has 2 heteroatoms. The molecule has 1 aromatic heterocycles. The highest BCUT2D eigenvalue weighted by molar-refractivity contribution is 6.06. The number of hydrogen-bond acceptors (Lipinski definition) is 2. The van der Waals surface area contributed by atoms with E-state index in [9.17, 15) is 0 Å². The molecule has 13 rings (SSSR count). The maximum Gasteiger partial charge on any atom is 0.137 e. The second-order valence-electron chi connectivity index (χ2n) is 17.7. The van der Waals surface area contributed by atoms with Crippen LogP contribution in [0, 0.1) is 0 Å². The van der Waals surface area contributed by atoms with Gasteiger partial charge in [0, 0.05) is 39.2 Å². The normalized spacial score (nSPS) is 15.3. The lowest BCUT2D eigenvalue weighted by Gasteiger charge is -2.34. The van der Waals surface area contributed by atoms with E-state index >= 15 is 0 Å². The third-order valence-corrected chi connectivity index (χ3v) is 14.4. The van der Waals surface area contributed by atoms with Gasteiger partial charge in [0.1, 0.15) is 11.2 Å². The van der Waals surface area contributed by atoms with Crippen LogP contribution in [-0.4, -0.2) is 0 Å². The van der Waals surface area contributed by atoms with Crippen molar-refractivity contribution in [3.05, 3.63) is 282 Å². The predicted molar refractivity (Wildman–Crippen MR) is 269 cm³/mol. The van der Waals surface area contributed by atoms with Crippen LogP contribution in [0.4, 0.5) is 17.1 Å². The molecule has 2 aliphatic carbocycles. The van der Waals surface area contributed by atoms with Crippen molar-refractivity contribution in [1.29, 1.82) is 0 Å². The standard InChI is InChI=1S/C63H43NO/c1-62(44-18-5-2-6-19-44)54-27-14-12-26-53(54)61-56(62)29-17-30-58(61)64(48-37-39-52-51-25-13-16-31-59(51)65-60(52)41-48)47-35-32-42(33-36-47)43-34-38-50-49-24-11-15-28-55(49)63(57(50)40-43,45-20-7-3-8-21-45)46-22-9-4-10-23-46/h2-41H,1H3. The summed E-state index contributed by atoms with van der Waals surface area (Å²) in [4.78, 5) is 2.43. The molecule has 1 heterocycles. The minimum Gasteiger partial charge on any atom is -0.456 e. The van der Waals surface area contributed by atoms with Crippen LogP contribution in [0.5, 0.6) is 0 Å². The molecule has 2 aliphatic rings. The fourth-order valence-electron chi connectivity index (χ4n) is 11.5. The van der Waals surface area contributed by atoms with Crippen LogP contribution >= 0.6 is 0 Å². The van der Waals surface area contributed by atoms with Crippen LogP contribution < -0.4 is 4.90 Å². The van der Waals surface area contributed by atoms with Gasteiger partial charge in [-0.2, -0.15) is 0 Å². The Bertz CT molecular complexity index is 3570. The highest BCUT2D eigenvalue weighted by Gasteiger charge is 2.46. The number of fused-ring (bicyclic) bond motifs is 9. The Hall–Kier alpha value is -8.20. The lowest BCUT2D eigenvalue weighted by atomic mass is 9.67. The van der Waals surface area contributed by atoms with Gasteiger partial charge in [0.15, 0.2) is 0 Å². The Kier molecular flexibility index (Phi) is 8.29. The van der Waals surface area contributed by atoms with Crippen molar-refractivity contribution >= 4 is 39.0 Å². The van der Waals surface area contributed by atoms with Crippen molar-refractivity contribution in [2.24, 2.45) is 0 Å². The number of nitrogens with zero attached hydrogens (tertiary/aromatic N) is 1. The van der Waals surface area contributed by atoms with E-state index < -0.39 is 5.41 Å². The average molecular weight is 830 g/mol. The summed E-state index contributed by atoms with van der Waals surface area (Å²) in [6, 6.07) is 89.1. The topological polar surface area (TPSA) is 16.4 Å². The van der Waals surface area contributed by atoms with Gasteiger partial charge in [0.05, 0.1) is 11.1 Å². The van der Waals surface area contributed by atoms with E-state index in [-0.39, 0.29) is 5.41 Å². The zero-order chi connectivity index (χ0) is 43.1. The van der Waals surface area contributed by atoms with Gasteiger partial charge in [-0.25, -0.2) is 0 Å². The molecule has 0 saturated heterocycles. The fraction of sp³-hybridized carbons (Fsp3) is 0.0476. The number of hydrogen-bond donors (Lipinski definition) is 0. The Morgan fingerprint density at radius 2 is 0.908 bits per heavy atom. The van der Waals surface area contributed by atoms with Crippen LogP contribution in [0.15, 0.2) is 247 Å². The second kappa shape index (κ2) is 14.4. The van der Waals surface area contributed by atoms with E-state index in [1.807, 2.05) is 6.07 Å². The van der Waals surface area contributed by atoms with Gasteiger partial charge >= 0.3 is 0 Å². The molecule has 0 N–H and O–H groups in total. The molecule has 0 radical (unpaired) electrons. The summed E-state index contributed by atoms with van der Waals surface area (Å²) >= 11 is 0. The van der Waals surface area contributed by atoms with Gasteiger partial charge in [0.2, 0.25) is 0 Å². The summed E-state index contributed by atoms with van der Waals surface area (Å²) in [7, 11) is 0. The molecule has 0 fully saturated rings. The molecular weight excluding hydrogens is 787 g/mol. The van der Waals surface area contributed by atoms with E-state index in [4.69, 9.17) is 4.42 Å². The summed E-state index contributed by atoms with van der Waals surface area (Å²) in [6.45, 7) is 2.38. The molecule has 1 unspecified atom stereocenters. The van der Waals surface area contributed by atoms with E-state index in [2.05, 4.69) is 248 Å². The summed E-state index contributed by atoms with van der Waals surface area (Å²) in [6.07, 6.45) is 0. The maximum absolute atomic E-state index is 6.55. The highest BCUT2D eigenvalue weighted by atomic mass is 16.3. The molecule has 10 aromatic carbocycles. The molecule has 0 amide bonds. The first kappa shape index (κ1) is 37.4. The van der Waals surface area contributed by atoms with E-state index in [1.165, 1.54) is 66.8 Å².